The highest BCUT2D eigenvalue weighted by Crippen LogP contribution is 2.53. The van der Waals surface area contributed by atoms with Gasteiger partial charge in [-0.2, -0.15) is 0 Å². The Bertz CT molecular complexity index is 895. The maximum Gasteiger partial charge on any atom is 0.241 e. The third-order valence-corrected chi connectivity index (χ3v) is 6.04. The fraction of sp³-hybridized carbons (Fsp3) is 0.348. The largest absolute Gasteiger partial charge is 0.335 e. The van der Waals surface area contributed by atoms with Gasteiger partial charge in [0.15, 0.2) is 0 Å². The van der Waals surface area contributed by atoms with Gasteiger partial charge in [-0.15, -0.1) is 0 Å². The van der Waals surface area contributed by atoms with Crippen LogP contribution in [0, 0.1) is 6.92 Å². The van der Waals surface area contributed by atoms with Crippen LogP contribution in [0.4, 0.5) is 5.69 Å². The number of nitrogens with one attached hydrogen (secondary N) is 1. The van der Waals surface area contributed by atoms with Crippen molar-refractivity contribution in [2.45, 2.75) is 45.2 Å². The average Bonchev–Trinajstić information content (AvgIpc) is 3.05. The third-order valence-electron chi connectivity index (χ3n) is 6.04. The van der Waals surface area contributed by atoms with E-state index in [1.54, 1.807) is 0 Å². The van der Waals surface area contributed by atoms with Crippen molar-refractivity contribution in [1.29, 1.82) is 0 Å². The minimum absolute atomic E-state index is 0.0804. The maximum absolute atomic E-state index is 12.4. The zero-order chi connectivity index (χ0) is 18.5. The van der Waals surface area contributed by atoms with Gasteiger partial charge in [-0.3, -0.25) is 4.79 Å². The van der Waals surface area contributed by atoms with Gasteiger partial charge in [-0.05, 0) is 42.2 Å². The van der Waals surface area contributed by atoms with Crippen LogP contribution >= 0.6 is 0 Å². The summed E-state index contributed by atoms with van der Waals surface area (Å²) in [5.74, 6) is 0.0804. The van der Waals surface area contributed by atoms with E-state index in [0.29, 0.717) is 6.54 Å². The fourth-order valence-electron chi connectivity index (χ4n) is 4.34. The second-order valence-electron chi connectivity index (χ2n) is 7.97. The molecule has 2 aliphatic rings. The number of rotatable bonds is 3. The monoisotopic (exact) mass is 346 g/mol. The van der Waals surface area contributed by atoms with Crippen LogP contribution < -0.4 is 10.2 Å². The molecule has 1 N–H and O–H groups in total. The predicted molar refractivity (Wildman–Crippen MR) is 107 cm³/mol. The zero-order valence-electron chi connectivity index (χ0n) is 16.0. The van der Waals surface area contributed by atoms with Crippen molar-refractivity contribution in [2.75, 3.05) is 11.4 Å². The molecule has 1 saturated heterocycles. The summed E-state index contributed by atoms with van der Waals surface area (Å²) in [7, 11) is 0. The first-order valence-corrected chi connectivity index (χ1v) is 9.35. The van der Waals surface area contributed by atoms with Crippen molar-refractivity contribution in [2.24, 2.45) is 0 Å². The maximum atomic E-state index is 12.4. The van der Waals surface area contributed by atoms with E-state index in [-0.39, 0.29) is 11.3 Å². The van der Waals surface area contributed by atoms with Gasteiger partial charge < -0.3 is 10.2 Å². The summed E-state index contributed by atoms with van der Waals surface area (Å²) in [6, 6.07) is 15.1. The highest BCUT2D eigenvalue weighted by molar-refractivity contribution is 5.91. The molecule has 1 atom stereocenters. The Morgan fingerprint density at radius 1 is 1.15 bits per heavy atom. The van der Waals surface area contributed by atoms with Crippen LogP contribution in [-0.2, 0) is 16.6 Å². The van der Waals surface area contributed by atoms with E-state index in [4.69, 9.17) is 0 Å². The summed E-state index contributed by atoms with van der Waals surface area (Å²) < 4.78 is 0. The topological polar surface area (TPSA) is 32.3 Å². The summed E-state index contributed by atoms with van der Waals surface area (Å²) in [4.78, 5) is 14.6. The smallest absolute Gasteiger partial charge is 0.241 e. The Kier molecular flexibility index (Phi) is 3.72. The molecule has 0 aliphatic carbocycles. The van der Waals surface area contributed by atoms with Crippen LogP contribution in [0.25, 0.3) is 6.08 Å². The van der Waals surface area contributed by atoms with Crippen LogP contribution in [-0.4, -0.2) is 18.1 Å². The van der Waals surface area contributed by atoms with Crippen LogP contribution in [0.3, 0.4) is 0 Å². The summed E-state index contributed by atoms with van der Waals surface area (Å²) in [5.41, 5.74) is 5.46. The molecule has 2 aliphatic heterocycles. The van der Waals surface area contributed by atoms with E-state index < -0.39 is 5.66 Å². The molecule has 2 aromatic rings. The van der Waals surface area contributed by atoms with Crippen LogP contribution in [0.15, 0.2) is 48.5 Å². The van der Waals surface area contributed by atoms with Crippen molar-refractivity contribution in [3.05, 3.63) is 70.8 Å². The molecule has 0 bridgehead atoms. The molecule has 2 heterocycles. The van der Waals surface area contributed by atoms with Crippen molar-refractivity contribution in [3.63, 3.8) is 0 Å². The summed E-state index contributed by atoms with van der Waals surface area (Å²) in [6.45, 7) is 9.14. The first kappa shape index (κ1) is 16.9. The number of fused-ring (bicyclic) bond motifs is 3. The predicted octanol–water partition coefficient (Wildman–Crippen LogP) is 4.19. The van der Waals surface area contributed by atoms with Crippen LogP contribution in [0.1, 0.15) is 43.0 Å². The third kappa shape index (κ3) is 2.30. The van der Waals surface area contributed by atoms with Gasteiger partial charge in [0.2, 0.25) is 5.91 Å². The minimum atomic E-state index is -0.524. The molecule has 2 aromatic carbocycles. The fourth-order valence-corrected chi connectivity index (χ4v) is 4.34. The molecule has 3 nitrogen and oxygen atoms in total. The van der Waals surface area contributed by atoms with E-state index in [1.165, 1.54) is 22.4 Å². The average molecular weight is 346 g/mol. The van der Waals surface area contributed by atoms with Gasteiger partial charge in [0.25, 0.3) is 0 Å². The quantitative estimate of drug-likeness (QED) is 0.903. The zero-order valence-corrected chi connectivity index (χ0v) is 16.0. The van der Waals surface area contributed by atoms with Gasteiger partial charge in [0, 0.05) is 11.1 Å². The van der Waals surface area contributed by atoms with Crippen LogP contribution in [0.2, 0.25) is 0 Å². The minimum Gasteiger partial charge on any atom is -0.335 e. The molecule has 4 rings (SSSR count). The first-order valence-electron chi connectivity index (χ1n) is 9.35. The summed E-state index contributed by atoms with van der Waals surface area (Å²) in [6.07, 6.45) is 5.32. The highest BCUT2D eigenvalue weighted by atomic mass is 16.2. The number of carbonyl (C=O) groups excluding carboxylic acids is 1. The van der Waals surface area contributed by atoms with Gasteiger partial charge in [0.05, 0.1) is 6.54 Å². The number of aryl methyl sites for hydroxylation is 2. The van der Waals surface area contributed by atoms with Crippen LogP contribution in [0.5, 0.6) is 0 Å². The Hall–Kier alpha value is -2.55. The van der Waals surface area contributed by atoms with E-state index in [1.807, 2.05) is 0 Å². The second kappa shape index (κ2) is 5.73. The summed E-state index contributed by atoms with van der Waals surface area (Å²) >= 11 is 0. The lowest BCUT2D eigenvalue weighted by Crippen LogP contribution is -2.58. The van der Waals surface area contributed by atoms with E-state index in [2.05, 4.69) is 92.5 Å². The standard InChI is InChI=1S/C23H26N2O/c1-5-17-10-11-20-19(14-17)22(3,4)23(24-21(26)15-25(20)23)13-12-18-8-6-16(2)7-9-18/h6-14H,5,15H2,1-4H3,(H,24,26)/b13-12+/t23-/m1/s1. The van der Waals surface area contributed by atoms with E-state index in [9.17, 15) is 4.79 Å². The van der Waals surface area contributed by atoms with Crippen molar-refractivity contribution in [3.8, 4) is 0 Å². The molecule has 134 valence electrons. The van der Waals surface area contributed by atoms with Gasteiger partial charge in [-0.25, -0.2) is 0 Å². The summed E-state index contributed by atoms with van der Waals surface area (Å²) in [5, 5.41) is 3.29. The molecule has 0 spiro atoms. The van der Waals surface area contributed by atoms with Gasteiger partial charge in [-0.1, -0.05) is 68.8 Å². The van der Waals surface area contributed by atoms with E-state index in [0.717, 1.165) is 12.0 Å². The molecule has 0 aromatic heterocycles. The highest BCUT2D eigenvalue weighted by Gasteiger charge is 2.59. The van der Waals surface area contributed by atoms with E-state index >= 15 is 0 Å². The SMILES string of the molecule is CCc1ccc2c(c1)C(C)(C)[C@]1(/C=C/c3ccc(C)cc3)NC(=O)CN21. The molecule has 26 heavy (non-hydrogen) atoms. The number of hydrogen-bond donors (Lipinski definition) is 1. The lowest BCUT2D eigenvalue weighted by Gasteiger charge is -2.40. The molecule has 0 saturated carbocycles. The Morgan fingerprint density at radius 2 is 1.88 bits per heavy atom. The number of benzene rings is 2. The Labute approximate surface area is 155 Å². The number of amides is 1. The van der Waals surface area contributed by atoms with Crippen molar-refractivity contribution < 1.29 is 4.79 Å². The molecule has 0 unspecified atom stereocenters. The molecule has 1 fully saturated rings. The van der Waals surface area contributed by atoms with Crippen molar-refractivity contribution >= 4 is 17.7 Å². The number of hydrogen-bond acceptors (Lipinski definition) is 2. The van der Waals surface area contributed by atoms with Gasteiger partial charge in [0.1, 0.15) is 5.66 Å². The second-order valence-corrected chi connectivity index (χ2v) is 7.97. The first-order chi connectivity index (χ1) is 12.4. The molecular formula is C23H26N2O. The number of carbonyl (C=O) groups is 1. The molecular weight excluding hydrogens is 320 g/mol. The number of anilines is 1. The molecule has 1 amide bonds. The Balaban J connectivity index is 1.82. The van der Waals surface area contributed by atoms with Gasteiger partial charge >= 0.3 is 0 Å². The normalized spacial score (nSPS) is 23.2. The molecule has 3 heteroatoms. The lowest BCUT2D eigenvalue weighted by molar-refractivity contribution is -0.118. The van der Waals surface area contributed by atoms with Crippen molar-refractivity contribution in [1.82, 2.24) is 5.32 Å². The Morgan fingerprint density at radius 3 is 2.58 bits per heavy atom. The lowest BCUT2D eigenvalue weighted by atomic mass is 9.75. The molecule has 0 radical (unpaired) electrons. The number of nitrogens with zero attached hydrogens (tertiary/aromatic N) is 1.